The maximum absolute atomic E-state index is 3.35. The molecular weight excluding hydrogens is 134 g/mol. The summed E-state index contributed by atoms with van der Waals surface area (Å²) in [6.45, 7) is 7.09. The Bertz CT molecular complexity index is 67.3. The minimum absolute atomic E-state index is 0. The van der Waals surface area contributed by atoms with Gasteiger partial charge >= 0.3 is 0 Å². The van der Waals surface area contributed by atoms with Crippen LogP contribution in [-0.4, -0.2) is 13.1 Å². The average molecular weight is 150 g/mol. The summed E-state index contributed by atoms with van der Waals surface area (Å²) in [5, 5.41) is 3.35. The van der Waals surface area contributed by atoms with Crippen molar-refractivity contribution in [2.75, 3.05) is 13.1 Å². The minimum atomic E-state index is 0. The molecule has 1 nitrogen and oxygen atoms in total. The van der Waals surface area contributed by atoms with E-state index in [1.807, 2.05) is 0 Å². The number of nitrogens with one attached hydrogen (secondary N) is 1. The highest BCUT2D eigenvalue weighted by atomic mass is 35.5. The Morgan fingerprint density at radius 3 is 2.33 bits per heavy atom. The molecule has 0 aliphatic carbocycles. The second-order valence-electron chi connectivity index (χ2n) is 3.00. The smallest absolute Gasteiger partial charge is 0.00176 e. The highest BCUT2D eigenvalue weighted by molar-refractivity contribution is 5.85. The van der Waals surface area contributed by atoms with Gasteiger partial charge in [0.15, 0.2) is 0 Å². The van der Waals surface area contributed by atoms with Crippen LogP contribution in [0, 0.1) is 11.8 Å². The van der Waals surface area contributed by atoms with Crippen LogP contribution in [0.25, 0.3) is 0 Å². The largest absolute Gasteiger partial charge is 0.316 e. The molecule has 2 heteroatoms. The number of hydrogen-bond donors (Lipinski definition) is 1. The van der Waals surface area contributed by atoms with Crippen molar-refractivity contribution in [1.29, 1.82) is 0 Å². The molecule has 1 rings (SSSR count). The van der Waals surface area contributed by atoms with Crippen LogP contribution in [0.5, 0.6) is 0 Å². The molecule has 0 amide bonds. The Morgan fingerprint density at radius 2 is 2.11 bits per heavy atom. The van der Waals surface area contributed by atoms with Gasteiger partial charge in [-0.15, -0.1) is 12.4 Å². The molecule has 0 spiro atoms. The van der Waals surface area contributed by atoms with Gasteiger partial charge in [-0.3, -0.25) is 0 Å². The molecule has 1 heterocycles. The molecule has 1 N–H and O–H groups in total. The predicted octanol–water partition coefficient (Wildman–Crippen LogP) is 1.67. The van der Waals surface area contributed by atoms with Gasteiger partial charge in [-0.1, -0.05) is 13.8 Å². The fraction of sp³-hybridized carbons (Fsp3) is 1.00. The standard InChI is InChI=1S/C7H15N.ClH/c1-6(2)7-3-4-8-5-7;/h6-8H,3-5H2,1-2H3;1H. The third-order valence-corrected chi connectivity index (χ3v) is 2.04. The highest BCUT2D eigenvalue weighted by Gasteiger charge is 2.16. The van der Waals surface area contributed by atoms with E-state index in [9.17, 15) is 0 Å². The van der Waals surface area contributed by atoms with E-state index in [0.29, 0.717) is 0 Å². The summed E-state index contributed by atoms with van der Waals surface area (Å²) >= 11 is 0. The van der Waals surface area contributed by atoms with Crippen molar-refractivity contribution < 1.29 is 0 Å². The van der Waals surface area contributed by atoms with Crippen molar-refractivity contribution in [3.8, 4) is 0 Å². The van der Waals surface area contributed by atoms with Gasteiger partial charge in [0.05, 0.1) is 0 Å². The molecule has 1 atom stereocenters. The second-order valence-corrected chi connectivity index (χ2v) is 3.00. The van der Waals surface area contributed by atoms with E-state index in [1.54, 1.807) is 0 Å². The molecule has 1 saturated heterocycles. The van der Waals surface area contributed by atoms with Crippen LogP contribution >= 0.6 is 12.4 Å². The molecule has 1 unspecified atom stereocenters. The van der Waals surface area contributed by atoms with Crippen LogP contribution in [-0.2, 0) is 0 Å². The third-order valence-electron chi connectivity index (χ3n) is 2.04. The van der Waals surface area contributed by atoms with Gasteiger partial charge in [0.25, 0.3) is 0 Å². The zero-order chi connectivity index (χ0) is 5.98. The van der Waals surface area contributed by atoms with Gasteiger partial charge < -0.3 is 5.32 Å². The Kier molecular flexibility index (Phi) is 4.24. The van der Waals surface area contributed by atoms with Crippen molar-refractivity contribution in [2.45, 2.75) is 20.3 Å². The first-order chi connectivity index (χ1) is 3.80. The quantitative estimate of drug-likeness (QED) is 0.598. The van der Waals surface area contributed by atoms with Crippen LogP contribution in [0.1, 0.15) is 20.3 Å². The Hall–Kier alpha value is 0.250. The average Bonchev–Trinajstić information content (AvgIpc) is 2.12. The van der Waals surface area contributed by atoms with Gasteiger partial charge in [-0.25, -0.2) is 0 Å². The van der Waals surface area contributed by atoms with Crippen molar-refractivity contribution in [3.05, 3.63) is 0 Å². The maximum atomic E-state index is 3.35. The van der Waals surface area contributed by atoms with Crippen LogP contribution in [0.3, 0.4) is 0 Å². The molecule has 56 valence electrons. The summed E-state index contributed by atoms with van der Waals surface area (Å²) in [5.74, 6) is 1.83. The van der Waals surface area contributed by atoms with Crippen molar-refractivity contribution in [1.82, 2.24) is 5.32 Å². The Labute approximate surface area is 63.6 Å². The molecule has 0 aromatic carbocycles. The number of halogens is 1. The lowest BCUT2D eigenvalue weighted by molar-refractivity contribution is 0.419. The molecule has 0 bridgehead atoms. The summed E-state index contributed by atoms with van der Waals surface area (Å²) in [6, 6.07) is 0. The molecule has 1 fully saturated rings. The molecule has 9 heavy (non-hydrogen) atoms. The first-order valence-corrected chi connectivity index (χ1v) is 3.51. The number of rotatable bonds is 1. The molecule has 0 aromatic heterocycles. The summed E-state index contributed by atoms with van der Waals surface area (Å²) in [7, 11) is 0. The molecule has 1 aliphatic rings. The van der Waals surface area contributed by atoms with Gasteiger partial charge in [0, 0.05) is 0 Å². The topological polar surface area (TPSA) is 12.0 Å². The van der Waals surface area contributed by atoms with Crippen LogP contribution < -0.4 is 5.32 Å². The number of hydrogen-bond acceptors (Lipinski definition) is 1. The predicted molar refractivity (Wildman–Crippen MR) is 43.1 cm³/mol. The van der Waals surface area contributed by atoms with E-state index < -0.39 is 0 Å². The first kappa shape index (κ1) is 9.25. The van der Waals surface area contributed by atoms with E-state index >= 15 is 0 Å². The summed E-state index contributed by atoms with van der Waals surface area (Å²) in [6.07, 6.45) is 1.39. The lowest BCUT2D eigenvalue weighted by Crippen LogP contribution is -2.12. The summed E-state index contributed by atoms with van der Waals surface area (Å²) in [5.41, 5.74) is 0. The lowest BCUT2D eigenvalue weighted by Gasteiger charge is -2.10. The highest BCUT2D eigenvalue weighted by Crippen LogP contribution is 2.16. The third kappa shape index (κ3) is 2.55. The van der Waals surface area contributed by atoms with Gasteiger partial charge in [-0.2, -0.15) is 0 Å². The van der Waals surface area contributed by atoms with E-state index in [0.717, 1.165) is 11.8 Å². The van der Waals surface area contributed by atoms with E-state index in [2.05, 4.69) is 19.2 Å². The molecule has 0 saturated carbocycles. The second kappa shape index (κ2) is 4.13. The molecule has 1 aliphatic heterocycles. The van der Waals surface area contributed by atoms with Gasteiger partial charge in [0.2, 0.25) is 0 Å². The summed E-state index contributed by atoms with van der Waals surface area (Å²) in [4.78, 5) is 0. The van der Waals surface area contributed by atoms with E-state index in [4.69, 9.17) is 0 Å². The molecule has 0 radical (unpaired) electrons. The van der Waals surface area contributed by atoms with Crippen LogP contribution in [0.4, 0.5) is 0 Å². The van der Waals surface area contributed by atoms with Crippen molar-refractivity contribution >= 4 is 12.4 Å². The van der Waals surface area contributed by atoms with Gasteiger partial charge in [-0.05, 0) is 31.3 Å². The SMILES string of the molecule is CC(C)C1CCNC1.Cl. The zero-order valence-corrected chi connectivity index (χ0v) is 7.00. The first-order valence-electron chi connectivity index (χ1n) is 3.51. The van der Waals surface area contributed by atoms with E-state index in [-0.39, 0.29) is 12.4 Å². The van der Waals surface area contributed by atoms with E-state index in [1.165, 1.54) is 19.5 Å². The fourth-order valence-electron chi connectivity index (χ4n) is 1.25. The molecule has 0 aromatic rings. The lowest BCUT2D eigenvalue weighted by atomic mass is 9.96. The Morgan fingerprint density at radius 1 is 1.44 bits per heavy atom. The maximum Gasteiger partial charge on any atom is -0.00176 e. The minimum Gasteiger partial charge on any atom is -0.316 e. The molecular formula is C7H16ClN. The Balaban J connectivity index is 0.000000640. The van der Waals surface area contributed by atoms with Crippen molar-refractivity contribution in [2.24, 2.45) is 11.8 Å². The van der Waals surface area contributed by atoms with Crippen LogP contribution in [0.2, 0.25) is 0 Å². The van der Waals surface area contributed by atoms with Gasteiger partial charge in [0.1, 0.15) is 0 Å². The monoisotopic (exact) mass is 149 g/mol. The normalized spacial score (nSPS) is 26.3. The zero-order valence-electron chi connectivity index (χ0n) is 6.18. The van der Waals surface area contributed by atoms with Crippen molar-refractivity contribution in [3.63, 3.8) is 0 Å². The van der Waals surface area contributed by atoms with Crippen LogP contribution in [0.15, 0.2) is 0 Å². The summed E-state index contributed by atoms with van der Waals surface area (Å²) < 4.78 is 0. The fourth-order valence-corrected chi connectivity index (χ4v) is 1.25.